The van der Waals surface area contributed by atoms with Gasteiger partial charge in [0.1, 0.15) is 0 Å². The van der Waals surface area contributed by atoms with Gasteiger partial charge in [0, 0.05) is 35.7 Å². The van der Waals surface area contributed by atoms with Crippen LogP contribution in [0.5, 0.6) is 11.5 Å². The van der Waals surface area contributed by atoms with Crippen molar-refractivity contribution in [3.63, 3.8) is 0 Å². The Morgan fingerprint density at radius 3 is 2.48 bits per heavy atom. The predicted octanol–water partition coefficient (Wildman–Crippen LogP) is 4.15. The van der Waals surface area contributed by atoms with Crippen LogP contribution in [-0.4, -0.2) is 50.6 Å². The molecular weight excluding hydrogens is 460 g/mol. The number of nitrogens with one attached hydrogen (secondary N) is 1. The molecule has 0 bridgehead atoms. The SMILES string of the molecule is COc1ccc(C(=O)NCC2CCN(C(=O)/C=C/c3ccccc3Br)CC2)cc1OC. The van der Waals surface area contributed by atoms with Crippen molar-refractivity contribution in [2.24, 2.45) is 5.92 Å². The standard InChI is InChI=1S/C24H27BrN2O4/c1-30-21-9-7-19(15-22(21)31-2)24(29)26-16-17-11-13-27(14-12-17)23(28)10-8-18-5-3-4-6-20(18)25/h3-10,15,17H,11-14,16H2,1-2H3,(H,26,29)/b10-8+. The molecule has 1 fully saturated rings. The number of methoxy groups -OCH3 is 2. The third kappa shape index (κ3) is 6.10. The van der Waals surface area contributed by atoms with Gasteiger partial charge >= 0.3 is 0 Å². The lowest BCUT2D eigenvalue weighted by Crippen LogP contribution is -2.41. The van der Waals surface area contributed by atoms with Gasteiger partial charge in [-0.25, -0.2) is 0 Å². The summed E-state index contributed by atoms with van der Waals surface area (Å²) in [7, 11) is 3.10. The van der Waals surface area contributed by atoms with Crippen molar-refractivity contribution in [3.05, 3.63) is 64.1 Å². The molecule has 2 amide bonds. The van der Waals surface area contributed by atoms with E-state index in [1.807, 2.05) is 35.2 Å². The molecule has 1 heterocycles. The average molecular weight is 487 g/mol. The van der Waals surface area contributed by atoms with Crippen LogP contribution in [0.15, 0.2) is 53.0 Å². The molecular formula is C24H27BrN2O4. The van der Waals surface area contributed by atoms with Crippen LogP contribution >= 0.6 is 15.9 Å². The van der Waals surface area contributed by atoms with Crippen LogP contribution in [0, 0.1) is 5.92 Å². The van der Waals surface area contributed by atoms with E-state index in [2.05, 4.69) is 21.2 Å². The van der Waals surface area contributed by atoms with Crippen molar-refractivity contribution < 1.29 is 19.1 Å². The summed E-state index contributed by atoms with van der Waals surface area (Å²) in [6, 6.07) is 12.9. The molecule has 0 aromatic heterocycles. The molecule has 1 N–H and O–H groups in total. The van der Waals surface area contributed by atoms with Gasteiger partial charge < -0.3 is 19.7 Å². The Morgan fingerprint density at radius 2 is 1.81 bits per heavy atom. The Morgan fingerprint density at radius 1 is 1.10 bits per heavy atom. The highest BCUT2D eigenvalue weighted by molar-refractivity contribution is 9.10. The summed E-state index contributed by atoms with van der Waals surface area (Å²) in [5.41, 5.74) is 1.51. The van der Waals surface area contributed by atoms with Gasteiger partial charge in [-0.2, -0.15) is 0 Å². The first-order valence-corrected chi connectivity index (χ1v) is 11.0. The minimum Gasteiger partial charge on any atom is -0.493 e. The maximum atomic E-state index is 12.5. The molecule has 0 aliphatic carbocycles. The fourth-order valence-electron chi connectivity index (χ4n) is 3.55. The zero-order chi connectivity index (χ0) is 22.2. The second kappa shape index (κ2) is 11.0. The molecule has 0 saturated carbocycles. The van der Waals surface area contributed by atoms with Crippen LogP contribution < -0.4 is 14.8 Å². The number of halogens is 1. The van der Waals surface area contributed by atoms with Crippen LogP contribution in [0.3, 0.4) is 0 Å². The number of amides is 2. The lowest BCUT2D eigenvalue weighted by Gasteiger charge is -2.31. The summed E-state index contributed by atoms with van der Waals surface area (Å²) in [5, 5.41) is 3.00. The summed E-state index contributed by atoms with van der Waals surface area (Å²) < 4.78 is 11.4. The maximum absolute atomic E-state index is 12.5. The number of benzene rings is 2. The van der Waals surface area contributed by atoms with Gasteiger partial charge in [-0.05, 0) is 54.7 Å². The van der Waals surface area contributed by atoms with Crippen LogP contribution in [0.1, 0.15) is 28.8 Å². The summed E-state index contributed by atoms with van der Waals surface area (Å²) >= 11 is 3.49. The second-order valence-corrected chi connectivity index (χ2v) is 8.26. The Hall–Kier alpha value is -2.80. The van der Waals surface area contributed by atoms with E-state index in [9.17, 15) is 9.59 Å². The fourth-order valence-corrected chi connectivity index (χ4v) is 3.97. The number of likely N-dealkylation sites (tertiary alicyclic amines) is 1. The minimum absolute atomic E-state index is 0.0172. The van der Waals surface area contributed by atoms with Crippen LogP contribution in [0.25, 0.3) is 6.08 Å². The summed E-state index contributed by atoms with van der Waals surface area (Å²) in [6.07, 6.45) is 5.18. The van der Waals surface area contributed by atoms with Crippen LogP contribution in [0.2, 0.25) is 0 Å². The fraction of sp³-hybridized carbons (Fsp3) is 0.333. The highest BCUT2D eigenvalue weighted by Crippen LogP contribution is 2.27. The van der Waals surface area contributed by atoms with Gasteiger partial charge in [0.25, 0.3) is 5.91 Å². The van der Waals surface area contributed by atoms with Gasteiger partial charge in [0.05, 0.1) is 14.2 Å². The lowest BCUT2D eigenvalue weighted by molar-refractivity contribution is -0.127. The van der Waals surface area contributed by atoms with Gasteiger partial charge in [-0.1, -0.05) is 34.1 Å². The second-order valence-electron chi connectivity index (χ2n) is 7.40. The third-order valence-electron chi connectivity index (χ3n) is 5.43. The van der Waals surface area contributed by atoms with E-state index in [0.717, 1.165) is 22.9 Å². The molecule has 31 heavy (non-hydrogen) atoms. The zero-order valence-corrected chi connectivity index (χ0v) is 19.4. The first-order valence-electron chi connectivity index (χ1n) is 10.2. The number of rotatable bonds is 7. The van der Waals surface area contributed by atoms with Crippen molar-refractivity contribution in [1.82, 2.24) is 10.2 Å². The molecule has 0 atom stereocenters. The molecule has 164 valence electrons. The molecule has 2 aromatic rings. The van der Waals surface area contributed by atoms with Crippen LogP contribution in [-0.2, 0) is 4.79 Å². The molecule has 2 aromatic carbocycles. The molecule has 1 saturated heterocycles. The van der Waals surface area contributed by atoms with E-state index in [-0.39, 0.29) is 11.8 Å². The molecule has 1 aliphatic heterocycles. The Kier molecular flexibility index (Phi) is 8.12. The summed E-state index contributed by atoms with van der Waals surface area (Å²) in [6.45, 7) is 1.97. The topological polar surface area (TPSA) is 67.9 Å². The summed E-state index contributed by atoms with van der Waals surface area (Å²) in [4.78, 5) is 26.8. The smallest absolute Gasteiger partial charge is 0.251 e. The minimum atomic E-state index is -0.143. The monoisotopic (exact) mass is 486 g/mol. The summed E-state index contributed by atoms with van der Waals surface area (Å²) in [5.74, 6) is 1.34. The average Bonchev–Trinajstić information content (AvgIpc) is 2.81. The predicted molar refractivity (Wildman–Crippen MR) is 124 cm³/mol. The Balaban J connectivity index is 1.46. The Bertz CT molecular complexity index is 952. The number of carbonyl (C=O) groups is 2. The van der Waals surface area contributed by atoms with Crippen molar-refractivity contribution in [2.45, 2.75) is 12.8 Å². The molecule has 7 heteroatoms. The first-order chi connectivity index (χ1) is 15.0. The molecule has 6 nitrogen and oxygen atoms in total. The molecule has 0 radical (unpaired) electrons. The van der Waals surface area contributed by atoms with E-state index < -0.39 is 0 Å². The lowest BCUT2D eigenvalue weighted by atomic mass is 9.96. The van der Waals surface area contributed by atoms with Crippen molar-refractivity contribution in [3.8, 4) is 11.5 Å². The number of nitrogens with zero attached hydrogens (tertiary/aromatic N) is 1. The molecule has 1 aliphatic rings. The normalized spacial score (nSPS) is 14.5. The van der Waals surface area contributed by atoms with Gasteiger partial charge in [0.15, 0.2) is 11.5 Å². The number of piperidine rings is 1. The number of hydrogen-bond donors (Lipinski definition) is 1. The highest BCUT2D eigenvalue weighted by atomic mass is 79.9. The van der Waals surface area contributed by atoms with Crippen molar-refractivity contribution in [2.75, 3.05) is 33.9 Å². The molecule has 3 rings (SSSR count). The quantitative estimate of drug-likeness (QED) is 0.596. The van der Waals surface area contributed by atoms with E-state index in [1.54, 1.807) is 38.5 Å². The number of hydrogen-bond acceptors (Lipinski definition) is 4. The Labute approximate surface area is 191 Å². The van der Waals surface area contributed by atoms with E-state index in [1.165, 1.54) is 0 Å². The van der Waals surface area contributed by atoms with Gasteiger partial charge in [0.2, 0.25) is 5.91 Å². The molecule has 0 spiro atoms. The van der Waals surface area contributed by atoms with Crippen molar-refractivity contribution in [1.29, 1.82) is 0 Å². The highest BCUT2D eigenvalue weighted by Gasteiger charge is 2.22. The first kappa shape index (κ1) is 22.9. The van der Waals surface area contributed by atoms with E-state index >= 15 is 0 Å². The van der Waals surface area contributed by atoms with E-state index in [4.69, 9.17) is 9.47 Å². The number of carbonyl (C=O) groups excluding carboxylic acids is 2. The molecule has 0 unspecified atom stereocenters. The van der Waals surface area contributed by atoms with Crippen LogP contribution in [0.4, 0.5) is 0 Å². The zero-order valence-electron chi connectivity index (χ0n) is 17.8. The van der Waals surface area contributed by atoms with Gasteiger partial charge in [-0.3, -0.25) is 9.59 Å². The van der Waals surface area contributed by atoms with Gasteiger partial charge in [-0.15, -0.1) is 0 Å². The number of ether oxygens (including phenoxy) is 2. The van der Waals surface area contributed by atoms with Crippen molar-refractivity contribution >= 4 is 33.8 Å². The maximum Gasteiger partial charge on any atom is 0.251 e. The van der Waals surface area contributed by atoms with E-state index in [0.29, 0.717) is 42.6 Å². The largest absolute Gasteiger partial charge is 0.493 e. The third-order valence-corrected chi connectivity index (χ3v) is 6.16.